The van der Waals surface area contributed by atoms with Crippen LogP contribution in [-0.4, -0.2) is 97.6 Å². The molecule has 109 heavy (non-hydrogen) atoms. The highest BCUT2D eigenvalue weighted by atomic mass is 32.1. The maximum Gasteiger partial charge on any atom is 0.184 e. The number of rotatable bonds is 7. The van der Waals surface area contributed by atoms with Gasteiger partial charge in [0, 0.05) is 39.6 Å². The number of benzene rings is 7. The van der Waals surface area contributed by atoms with Crippen LogP contribution in [0.3, 0.4) is 0 Å². The minimum Gasteiger partial charge on any atom is -0.326 e. The van der Waals surface area contributed by atoms with E-state index in [4.69, 9.17) is 52.2 Å². The third-order valence-electron chi connectivity index (χ3n) is 17.1. The summed E-state index contributed by atoms with van der Waals surface area (Å²) in [6.45, 7) is 17.3. The van der Waals surface area contributed by atoms with Gasteiger partial charge in [-0.2, -0.15) is 26.3 Å². The lowest BCUT2D eigenvalue weighted by atomic mass is 10.1. The normalized spacial score (nSPS) is 10.7. The van der Waals surface area contributed by atoms with Gasteiger partial charge in [-0.3, -0.25) is 22.8 Å². The number of H-pyrrole nitrogens is 3. The molecule has 10 heterocycles. The summed E-state index contributed by atoms with van der Waals surface area (Å²) in [6, 6.07) is 71.7. The molecule has 28 heteroatoms. The van der Waals surface area contributed by atoms with Crippen molar-refractivity contribution in [3.05, 3.63) is 282 Å². The average molecular weight is 1480 g/mol. The molecule has 0 aliphatic carbocycles. The summed E-state index contributed by atoms with van der Waals surface area (Å²) in [7, 11) is 0. The summed E-state index contributed by atoms with van der Waals surface area (Å²) < 4.78 is 10.8. The van der Waals surface area contributed by atoms with Gasteiger partial charge >= 0.3 is 0 Å². The number of nitriles is 5. The fraction of sp³-hybridized carbons (Fsp3) is 0.111. The van der Waals surface area contributed by atoms with Gasteiger partial charge in [0.2, 0.25) is 0 Å². The molecule has 0 unspecified atom stereocenters. The molecule has 0 atom stereocenters. The number of nitrogens with zero attached hydrogens (tertiary/aromatic N) is 22. The smallest absolute Gasteiger partial charge is 0.184 e. The van der Waals surface area contributed by atoms with E-state index < -0.39 is 0 Å². The first kappa shape index (κ1) is 72.7. The van der Waals surface area contributed by atoms with Crippen LogP contribution in [0.4, 0.5) is 0 Å². The minimum absolute atomic E-state index is 0.279. The van der Waals surface area contributed by atoms with Crippen molar-refractivity contribution in [1.29, 1.82) is 26.3 Å². The molecule has 0 amide bonds. The molecule has 0 aliphatic rings. The van der Waals surface area contributed by atoms with Gasteiger partial charge < -0.3 is 15.0 Å². The first-order valence-corrected chi connectivity index (χ1v) is 34.9. The standard InChI is InChI=1S/C21H17N5.C19H13N5S.C15H13N5.2C13H9N5S/c1-13-4-8-16(9-5-13)20-24-18(12-22)19-21(25-20)26(15(3)23-19)17-10-6-14(2)7-11-17;1-12-7-9-13(10-8-12)17-21-15(11-20)16-18(23-17)24(19(25)22-16)14-5-3-2-4-6-14;1-9-4-6-12(7-5-9)20-11(3)19-14-13(8-16)17-10(2)18-15(14)20;2*1-8-15-10(7-14)11-12(16-8)18(13(19)17-11)9-5-3-2-4-6-9/h4-11H,1-3H3;2-10H,1H3,(H,22,25);4-7H,1-3H3;2*2-6H,1H3,(H,17,19). The number of aromatic amines is 3. The van der Waals surface area contributed by atoms with E-state index in [0.717, 1.165) is 62.3 Å². The zero-order valence-corrected chi connectivity index (χ0v) is 62.4. The van der Waals surface area contributed by atoms with E-state index >= 15 is 0 Å². The topological polar surface area (TPSA) is 346 Å². The lowest BCUT2D eigenvalue weighted by Crippen LogP contribution is -2.01. The van der Waals surface area contributed by atoms with Crippen molar-refractivity contribution in [1.82, 2.24) is 97.6 Å². The molecule has 528 valence electrons. The number of fused-ring (bicyclic) bond motifs is 5. The van der Waals surface area contributed by atoms with Gasteiger partial charge in [-0.1, -0.05) is 150 Å². The predicted molar refractivity (Wildman–Crippen MR) is 423 cm³/mol. The van der Waals surface area contributed by atoms with Crippen molar-refractivity contribution in [2.75, 3.05) is 0 Å². The Kier molecular flexibility index (Phi) is 20.9. The van der Waals surface area contributed by atoms with Gasteiger partial charge in [0.25, 0.3) is 0 Å². The molecule has 17 rings (SSSR count). The van der Waals surface area contributed by atoms with E-state index in [9.17, 15) is 15.8 Å². The summed E-state index contributed by atoms with van der Waals surface area (Å²) in [5.41, 5.74) is 18.5. The first-order valence-electron chi connectivity index (χ1n) is 33.7. The number of aryl methyl sites for hydroxylation is 9. The molecule has 0 bridgehead atoms. The Hall–Kier alpha value is -14.6. The van der Waals surface area contributed by atoms with Crippen LogP contribution in [0.25, 0.3) is 107 Å². The maximum absolute atomic E-state index is 9.57. The molecule has 0 radical (unpaired) electrons. The minimum atomic E-state index is 0.279. The van der Waals surface area contributed by atoms with Crippen LogP contribution in [-0.2, 0) is 0 Å². The molecule has 0 spiro atoms. The monoisotopic (exact) mass is 1480 g/mol. The number of nitrogens with one attached hydrogen (secondary N) is 3. The van der Waals surface area contributed by atoms with Gasteiger partial charge in [0.05, 0.1) is 0 Å². The maximum atomic E-state index is 9.57. The van der Waals surface area contributed by atoms with Gasteiger partial charge in [-0.05, 0) is 160 Å². The predicted octanol–water partition coefficient (Wildman–Crippen LogP) is 16.5. The quantitative estimate of drug-likeness (QED) is 0.125. The largest absolute Gasteiger partial charge is 0.326 e. The Morgan fingerprint density at radius 3 is 0.862 bits per heavy atom. The van der Waals surface area contributed by atoms with Crippen LogP contribution in [0.15, 0.2) is 188 Å². The van der Waals surface area contributed by atoms with Gasteiger partial charge in [0.1, 0.15) is 87.1 Å². The molecule has 0 saturated carbocycles. The number of aromatic nitrogens is 20. The second-order valence-corrected chi connectivity index (χ2v) is 26.0. The van der Waals surface area contributed by atoms with Gasteiger partial charge in [-0.15, -0.1) is 0 Å². The average Bonchev–Trinajstić information content (AvgIpc) is 1.62. The Balaban J connectivity index is 0.000000121. The van der Waals surface area contributed by atoms with Crippen LogP contribution in [0, 0.1) is 133 Å². The Labute approximate surface area is 638 Å². The second kappa shape index (κ2) is 31.4. The molecule has 3 N–H and O–H groups in total. The number of imidazole rings is 5. The Morgan fingerprint density at radius 1 is 0.266 bits per heavy atom. The second-order valence-electron chi connectivity index (χ2n) is 24.8. The first-order chi connectivity index (χ1) is 52.7. The van der Waals surface area contributed by atoms with E-state index in [0.29, 0.717) is 122 Å². The van der Waals surface area contributed by atoms with Crippen molar-refractivity contribution in [2.24, 2.45) is 0 Å². The SMILES string of the molecule is Cc1ccc(-c2nc(C#N)c3[nH]c(=S)n(-c4ccccc4)c3n2)cc1.Cc1ccc(-c2nc(C#N)c3nc(C)n(-c4ccc(C)cc4)c3n2)cc1.Cc1ccc(-n2c(C)nc3c(C#N)nc(C)nc32)cc1.Cc1nc(C#N)c2[nH]c(=S)n(-c3ccccc3)c2n1.Cc1nc(C#N)c2[nH]c(=S)n(-c3ccccc3)c2n1. The Morgan fingerprint density at radius 2 is 0.523 bits per heavy atom. The van der Waals surface area contributed by atoms with E-state index in [-0.39, 0.29) is 5.69 Å². The van der Waals surface area contributed by atoms with Crippen LogP contribution >= 0.6 is 36.7 Å². The molecular formula is C81H61N25S3. The fourth-order valence-corrected chi connectivity index (χ4v) is 12.8. The number of hydrogen-bond acceptors (Lipinski definition) is 20. The highest BCUT2D eigenvalue weighted by Gasteiger charge is 2.22. The lowest BCUT2D eigenvalue weighted by Gasteiger charge is -2.08. The van der Waals surface area contributed by atoms with Crippen molar-refractivity contribution in [3.63, 3.8) is 0 Å². The molecule has 25 nitrogen and oxygen atoms in total. The van der Waals surface area contributed by atoms with Gasteiger partial charge in [0.15, 0.2) is 82.7 Å². The van der Waals surface area contributed by atoms with E-state index in [2.05, 4.69) is 100 Å². The molecule has 10 aromatic heterocycles. The van der Waals surface area contributed by atoms with Crippen molar-refractivity contribution in [2.45, 2.75) is 62.3 Å². The zero-order chi connectivity index (χ0) is 76.7. The molecule has 7 aromatic carbocycles. The summed E-state index contributed by atoms with van der Waals surface area (Å²) in [4.78, 5) is 61.9. The summed E-state index contributed by atoms with van der Waals surface area (Å²) in [6.07, 6.45) is 0. The molecule has 0 saturated heterocycles. The third-order valence-corrected chi connectivity index (χ3v) is 17.9. The third kappa shape index (κ3) is 15.1. The molecule has 0 fully saturated rings. The van der Waals surface area contributed by atoms with Crippen molar-refractivity contribution < 1.29 is 0 Å². The Bertz CT molecular complexity index is 6610. The van der Waals surface area contributed by atoms with Gasteiger partial charge in [-0.25, -0.2) is 59.8 Å². The molecule has 17 aromatic rings. The summed E-state index contributed by atoms with van der Waals surface area (Å²) >= 11 is 16.1. The van der Waals surface area contributed by atoms with Crippen LogP contribution in [0.1, 0.15) is 79.8 Å². The van der Waals surface area contributed by atoms with Crippen LogP contribution in [0.2, 0.25) is 0 Å². The van der Waals surface area contributed by atoms with Crippen LogP contribution in [0.5, 0.6) is 0 Å². The lowest BCUT2D eigenvalue weighted by molar-refractivity contribution is 0.973. The summed E-state index contributed by atoms with van der Waals surface area (Å²) in [5.74, 6) is 4.26. The van der Waals surface area contributed by atoms with E-state index in [1.54, 1.807) is 29.9 Å². The zero-order valence-electron chi connectivity index (χ0n) is 60.0. The highest BCUT2D eigenvalue weighted by Crippen LogP contribution is 2.29. The van der Waals surface area contributed by atoms with Crippen LogP contribution < -0.4 is 0 Å². The molecule has 0 aliphatic heterocycles. The van der Waals surface area contributed by atoms with E-state index in [1.807, 2.05) is 243 Å². The van der Waals surface area contributed by atoms with E-state index in [1.165, 1.54) is 11.1 Å². The van der Waals surface area contributed by atoms with Crippen molar-refractivity contribution >= 4 is 92.5 Å². The fourth-order valence-electron chi connectivity index (χ4n) is 11.9. The molecular weight excluding hydrogens is 1420 g/mol. The van der Waals surface area contributed by atoms with Crippen molar-refractivity contribution in [3.8, 4) is 81.6 Å². The summed E-state index contributed by atoms with van der Waals surface area (Å²) in [5, 5.41) is 46.5. The number of para-hydroxylation sites is 3. The number of hydrogen-bond donors (Lipinski definition) is 3. The highest BCUT2D eigenvalue weighted by molar-refractivity contribution is 7.71.